The molecular formula is C19H12ClN3O3S. The number of hydrogen-bond acceptors (Lipinski definition) is 6. The standard InChI is InChI=1S/C19H12ClN3O3S/c20-15-5-2-1-4-14(15)17(24)8-6-13-7-9-18(16(12-13)23(25)26)27-19-21-10-3-11-22-19/h1-12H. The molecule has 0 spiro atoms. The predicted molar refractivity (Wildman–Crippen MR) is 104 cm³/mol. The van der Waals surface area contributed by atoms with Crippen molar-refractivity contribution in [1.82, 2.24) is 9.97 Å². The van der Waals surface area contributed by atoms with Crippen molar-refractivity contribution < 1.29 is 9.72 Å². The van der Waals surface area contributed by atoms with Crippen LogP contribution in [-0.2, 0) is 0 Å². The number of carbonyl (C=O) groups excluding carboxylic acids is 1. The van der Waals surface area contributed by atoms with Crippen LogP contribution in [0.3, 0.4) is 0 Å². The summed E-state index contributed by atoms with van der Waals surface area (Å²) in [4.78, 5) is 31.7. The summed E-state index contributed by atoms with van der Waals surface area (Å²) in [5, 5.41) is 12.2. The summed E-state index contributed by atoms with van der Waals surface area (Å²) >= 11 is 7.11. The van der Waals surface area contributed by atoms with Crippen LogP contribution in [0.4, 0.5) is 5.69 Å². The molecule has 0 aliphatic heterocycles. The molecule has 0 radical (unpaired) electrons. The highest BCUT2D eigenvalue weighted by Crippen LogP contribution is 2.33. The Hall–Kier alpha value is -3.03. The first-order valence-corrected chi connectivity index (χ1v) is 8.94. The van der Waals surface area contributed by atoms with E-state index < -0.39 is 4.92 Å². The highest BCUT2D eigenvalue weighted by molar-refractivity contribution is 7.99. The maximum Gasteiger partial charge on any atom is 0.283 e. The van der Waals surface area contributed by atoms with Gasteiger partial charge in [0, 0.05) is 24.0 Å². The van der Waals surface area contributed by atoms with Gasteiger partial charge in [-0.2, -0.15) is 0 Å². The summed E-state index contributed by atoms with van der Waals surface area (Å²) in [6.45, 7) is 0. The van der Waals surface area contributed by atoms with Crippen LogP contribution in [0, 0.1) is 10.1 Å². The lowest BCUT2D eigenvalue weighted by Crippen LogP contribution is -1.95. The third kappa shape index (κ3) is 4.78. The zero-order valence-electron chi connectivity index (χ0n) is 13.8. The van der Waals surface area contributed by atoms with Crippen molar-refractivity contribution in [1.29, 1.82) is 0 Å². The second kappa shape index (κ2) is 8.57. The molecule has 8 heteroatoms. The Labute approximate surface area is 164 Å². The highest BCUT2D eigenvalue weighted by Gasteiger charge is 2.16. The molecule has 134 valence electrons. The molecular weight excluding hydrogens is 386 g/mol. The fraction of sp³-hybridized carbons (Fsp3) is 0. The topological polar surface area (TPSA) is 86.0 Å². The van der Waals surface area contributed by atoms with E-state index >= 15 is 0 Å². The van der Waals surface area contributed by atoms with Crippen LogP contribution >= 0.6 is 23.4 Å². The van der Waals surface area contributed by atoms with Crippen LogP contribution in [0.1, 0.15) is 15.9 Å². The van der Waals surface area contributed by atoms with Gasteiger partial charge in [0.05, 0.1) is 14.8 Å². The molecule has 0 fully saturated rings. The van der Waals surface area contributed by atoms with Crippen LogP contribution in [0.2, 0.25) is 5.02 Å². The number of hydrogen-bond donors (Lipinski definition) is 0. The van der Waals surface area contributed by atoms with E-state index in [1.807, 2.05) is 0 Å². The molecule has 6 nitrogen and oxygen atoms in total. The van der Waals surface area contributed by atoms with E-state index in [1.165, 1.54) is 18.2 Å². The predicted octanol–water partition coefficient (Wildman–Crippen LogP) is 5.09. The molecule has 0 aliphatic rings. The molecule has 0 unspecified atom stereocenters. The summed E-state index contributed by atoms with van der Waals surface area (Å²) in [7, 11) is 0. The average Bonchev–Trinajstić information content (AvgIpc) is 2.68. The lowest BCUT2D eigenvalue weighted by molar-refractivity contribution is -0.387. The van der Waals surface area contributed by atoms with Gasteiger partial charge in [-0.1, -0.05) is 35.9 Å². The van der Waals surface area contributed by atoms with Gasteiger partial charge in [0.1, 0.15) is 0 Å². The van der Waals surface area contributed by atoms with Gasteiger partial charge in [-0.3, -0.25) is 14.9 Å². The van der Waals surface area contributed by atoms with Crippen molar-refractivity contribution in [2.24, 2.45) is 0 Å². The minimum absolute atomic E-state index is 0.0835. The molecule has 0 saturated heterocycles. The van der Waals surface area contributed by atoms with Gasteiger partial charge in [-0.15, -0.1) is 0 Å². The Balaban J connectivity index is 1.85. The second-order valence-corrected chi connectivity index (χ2v) is 6.71. The number of rotatable bonds is 6. The molecule has 1 aromatic heterocycles. The first-order chi connectivity index (χ1) is 13.0. The summed E-state index contributed by atoms with van der Waals surface area (Å²) in [5.74, 6) is -0.278. The zero-order valence-corrected chi connectivity index (χ0v) is 15.4. The molecule has 0 amide bonds. The molecule has 0 aliphatic carbocycles. The van der Waals surface area contributed by atoms with E-state index in [2.05, 4.69) is 9.97 Å². The second-order valence-electron chi connectivity index (χ2n) is 5.30. The van der Waals surface area contributed by atoms with Crippen molar-refractivity contribution in [3.05, 3.63) is 93.3 Å². The number of halogens is 1. The van der Waals surface area contributed by atoms with Gasteiger partial charge in [0.2, 0.25) is 0 Å². The van der Waals surface area contributed by atoms with E-state index in [4.69, 9.17) is 11.6 Å². The van der Waals surface area contributed by atoms with Crippen LogP contribution < -0.4 is 0 Å². The molecule has 0 saturated carbocycles. The van der Waals surface area contributed by atoms with Crippen molar-refractivity contribution in [2.75, 3.05) is 0 Å². The molecule has 0 N–H and O–H groups in total. The quantitative estimate of drug-likeness (QED) is 0.189. The van der Waals surface area contributed by atoms with Crippen molar-refractivity contribution in [3.63, 3.8) is 0 Å². The first kappa shape index (κ1) is 18.8. The zero-order chi connectivity index (χ0) is 19.2. The van der Waals surface area contributed by atoms with Crippen LogP contribution in [0.5, 0.6) is 0 Å². The fourth-order valence-corrected chi connectivity index (χ4v) is 3.25. The lowest BCUT2D eigenvalue weighted by Gasteiger charge is -2.03. The van der Waals surface area contributed by atoms with Crippen molar-refractivity contribution >= 4 is 40.9 Å². The number of allylic oxidation sites excluding steroid dienone is 1. The van der Waals surface area contributed by atoms with Gasteiger partial charge in [-0.25, -0.2) is 9.97 Å². The number of ketones is 1. The molecule has 2 aromatic carbocycles. The Kier molecular flexibility index (Phi) is 5.95. The van der Waals surface area contributed by atoms with Gasteiger partial charge < -0.3 is 0 Å². The van der Waals surface area contributed by atoms with E-state index in [0.717, 1.165) is 11.8 Å². The molecule has 3 aromatic rings. The number of nitrogens with zero attached hydrogens (tertiary/aromatic N) is 3. The van der Waals surface area contributed by atoms with Crippen molar-refractivity contribution in [2.45, 2.75) is 10.1 Å². The number of carbonyl (C=O) groups is 1. The molecule has 0 atom stereocenters. The Morgan fingerprint density at radius 1 is 1.11 bits per heavy atom. The van der Waals surface area contributed by atoms with Crippen LogP contribution in [-0.4, -0.2) is 20.7 Å². The third-order valence-corrected chi connectivity index (χ3v) is 4.78. The monoisotopic (exact) mass is 397 g/mol. The third-order valence-electron chi connectivity index (χ3n) is 3.49. The summed E-state index contributed by atoms with van der Waals surface area (Å²) in [6.07, 6.45) is 6.00. The SMILES string of the molecule is O=C(C=Cc1ccc(Sc2ncccn2)c([N+](=O)[O-])c1)c1ccccc1Cl. The van der Waals surface area contributed by atoms with Crippen LogP contribution in [0.25, 0.3) is 6.08 Å². The average molecular weight is 398 g/mol. The fourth-order valence-electron chi connectivity index (χ4n) is 2.23. The van der Waals surface area contributed by atoms with E-state index in [-0.39, 0.29) is 11.5 Å². The largest absolute Gasteiger partial charge is 0.289 e. The number of aromatic nitrogens is 2. The Morgan fingerprint density at radius 3 is 2.56 bits per heavy atom. The summed E-state index contributed by atoms with van der Waals surface area (Å²) in [5.41, 5.74) is 0.818. The van der Waals surface area contributed by atoms with E-state index in [9.17, 15) is 14.9 Å². The van der Waals surface area contributed by atoms with Gasteiger partial charge in [-0.05, 0) is 47.7 Å². The van der Waals surface area contributed by atoms with Gasteiger partial charge in [0.25, 0.3) is 5.69 Å². The molecule has 3 rings (SSSR count). The lowest BCUT2D eigenvalue weighted by atomic mass is 10.1. The van der Waals surface area contributed by atoms with Crippen LogP contribution in [0.15, 0.2) is 77.1 Å². The normalized spacial score (nSPS) is 10.9. The van der Waals surface area contributed by atoms with E-state index in [1.54, 1.807) is 54.9 Å². The first-order valence-electron chi connectivity index (χ1n) is 7.75. The van der Waals surface area contributed by atoms with E-state index in [0.29, 0.717) is 26.2 Å². The van der Waals surface area contributed by atoms with Crippen molar-refractivity contribution in [3.8, 4) is 0 Å². The molecule has 27 heavy (non-hydrogen) atoms. The maximum atomic E-state index is 12.2. The van der Waals surface area contributed by atoms with Gasteiger partial charge in [0.15, 0.2) is 10.9 Å². The number of benzene rings is 2. The summed E-state index contributed by atoms with van der Waals surface area (Å²) < 4.78 is 0. The molecule has 1 heterocycles. The summed E-state index contributed by atoms with van der Waals surface area (Å²) in [6, 6.07) is 13.1. The maximum absolute atomic E-state index is 12.2. The smallest absolute Gasteiger partial charge is 0.283 e. The number of nitro benzene ring substituents is 1. The minimum atomic E-state index is -0.474. The number of nitro groups is 1. The molecule has 0 bridgehead atoms. The van der Waals surface area contributed by atoms with Gasteiger partial charge >= 0.3 is 0 Å². The Bertz CT molecular complexity index is 1030. The highest BCUT2D eigenvalue weighted by atomic mass is 35.5. The minimum Gasteiger partial charge on any atom is -0.289 e. The Morgan fingerprint density at radius 2 is 1.85 bits per heavy atom.